The van der Waals surface area contributed by atoms with Crippen molar-refractivity contribution in [1.29, 1.82) is 0 Å². The highest BCUT2D eigenvalue weighted by molar-refractivity contribution is 6.74. The van der Waals surface area contributed by atoms with Crippen molar-refractivity contribution in [3.05, 3.63) is 34.9 Å². The number of carbonyl (C=O) groups is 1. The Bertz CT molecular complexity index is 702. The molecule has 0 aromatic heterocycles. The molecule has 1 amide bonds. The number of nitrogens with one attached hydrogen (secondary N) is 1. The van der Waals surface area contributed by atoms with Crippen LogP contribution in [0.5, 0.6) is 0 Å². The van der Waals surface area contributed by atoms with Crippen molar-refractivity contribution < 1.29 is 9.22 Å². The maximum atomic E-state index is 12.3. The Morgan fingerprint density at radius 1 is 1.20 bits per heavy atom. The van der Waals surface area contributed by atoms with Crippen molar-refractivity contribution in [2.45, 2.75) is 59.2 Å². The van der Waals surface area contributed by atoms with Gasteiger partial charge in [-0.15, -0.1) is 0 Å². The molecule has 0 radical (unpaired) electrons. The fourth-order valence-electron chi connectivity index (χ4n) is 2.40. The Morgan fingerprint density at radius 3 is 2.44 bits per heavy atom. The number of rotatable bonds is 5. The molecule has 0 saturated carbocycles. The lowest BCUT2D eigenvalue weighted by Crippen LogP contribution is -2.43. The van der Waals surface area contributed by atoms with E-state index in [1.165, 1.54) is 0 Å². The van der Waals surface area contributed by atoms with E-state index in [-0.39, 0.29) is 16.4 Å². The van der Waals surface area contributed by atoms with E-state index in [1.807, 2.05) is 18.2 Å². The SMILES string of the molecule is CC(C)(C/C=C1\C(=O)Nc2cc(Cl)ccc21)CO[Si](C)(C)C(C)(C)C. The van der Waals surface area contributed by atoms with Gasteiger partial charge in [-0.1, -0.05) is 58.4 Å². The number of allylic oxidation sites excluding steroid dienone is 1. The topological polar surface area (TPSA) is 38.3 Å². The highest BCUT2D eigenvalue weighted by atomic mass is 35.5. The van der Waals surface area contributed by atoms with Gasteiger partial charge in [-0.2, -0.15) is 0 Å². The molecule has 1 aromatic rings. The molecule has 1 heterocycles. The third-order valence-electron chi connectivity index (χ3n) is 5.25. The van der Waals surface area contributed by atoms with Crippen molar-refractivity contribution in [2.24, 2.45) is 5.41 Å². The largest absolute Gasteiger partial charge is 0.416 e. The Kier molecular flexibility index (Phi) is 5.58. The molecular formula is C20H30ClNO2Si. The van der Waals surface area contributed by atoms with Gasteiger partial charge in [-0.05, 0) is 42.1 Å². The van der Waals surface area contributed by atoms with E-state index in [2.05, 4.69) is 53.0 Å². The first-order chi connectivity index (χ1) is 11.3. The summed E-state index contributed by atoms with van der Waals surface area (Å²) in [6.45, 7) is 16.4. The first-order valence-electron chi connectivity index (χ1n) is 8.78. The summed E-state index contributed by atoms with van der Waals surface area (Å²) in [7, 11) is -1.77. The second-order valence-corrected chi connectivity index (χ2v) is 14.4. The molecule has 0 fully saturated rings. The molecule has 3 nitrogen and oxygen atoms in total. The van der Waals surface area contributed by atoms with Gasteiger partial charge < -0.3 is 9.74 Å². The van der Waals surface area contributed by atoms with Gasteiger partial charge in [0.25, 0.3) is 5.91 Å². The Hall–Kier alpha value is -1.10. The molecule has 25 heavy (non-hydrogen) atoms. The standard InChI is InChI=1S/C20H30ClNO2Si/c1-19(2,3)25(6,7)24-13-20(4,5)11-10-16-15-9-8-14(21)12-17(15)22-18(16)23/h8-10,12H,11,13H2,1-7H3,(H,22,23)/b16-10-. The molecule has 0 spiro atoms. The fraction of sp³-hybridized carbons (Fsp3) is 0.550. The summed E-state index contributed by atoms with van der Waals surface area (Å²) in [4.78, 5) is 12.3. The minimum absolute atomic E-state index is 0.0298. The normalized spacial score (nSPS) is 17.0. The van der Waals surface area contributed by atoms with Crippen LogP contribution in [0.1, 0.15) is 46.6 Å². The zero-order valence-electron chi connectivity index (χ0n) is 16.4. The van der Waals surface area contributed by atoms with Gasteiger partial charge in [0.1, 0.15) is 0 Å². The molecule has 1 N–H and O–H groups in total. The zero-order valence-corrected chi connectivity index (χ0v) is 18.2. The lowest BCUT2D eigenvalue weighted by atomic mass is 9.89. The number of benzene rings is 1. The summed E-state index contributed by atoms with van der Waals surface area (Å²) >= 11 is 6.01. The second kappa shape index (κ2) is 6.90. The third-order valence-corrected chi connectivity index (χ3v) is 9.97. The van der Waals surface area contributed by atoms with E-state index in [0.717, 1.165) is 23.2 Å². The number of amides is 1. The quantitative estimate of drug-likeness (QED) is 0.494. The molecule has 5 heteroatoms. The number of hydrogen-bond donors (Lipinski definition) is 1. The van der Waals surface area contributed by atoms with Gasteiger partial charge in [0.2, 0.25) is 0 Å². The van der Waals surface area contributed by atoms with Crippen LogP contribution in [-0.2, 0) is 9.22 Å². The smallest absolute Gasteiger partial charge is 0.256 e. The third kappa shape index (κ3) is 4.75. The van der Waals surface area contributed by atoms with Gasteiger partial charge in [-0.25, -0.2) is 0 Å². The summed E-state index contributed by atoms with van der Waals surface area (Å²) in [5.74, 6) is -0.0571. The van der Waals surface area contributed by atoms with Crippen LogP contribution in [0, 0.1) is 5.41 Å². The predicted octanol–water partition coefficient (Wildman–Crippen LogP) is 6.11. The van der Waals surface area contributed by atoms with Crippen molar-refractivity contribution >= 4 is 37.1 Å². The van der Waals surface area contributed by atoms with Crippen molar-refractivity contribution in [3.63, 3.8) is 0 Å². The van der Waals surface area contributed by atoms with Crippen molar-refractivity contribution in [2.75, 3.05) is 11.9 Å². The van der Waals surface area contributed by atoms with Crippen LogP contribution in [0.2, 0.25) is 23.2 Å². The van der Waals surface area contributed by atoms with E-state index in [0.29, 0.717) is 11.6 Å². The molecule has 138 valence electrons. The van der Waals surface area contributed by atoms with Gasteiger partial charge >= 0.3 is 0 Å². The van der Waals surface area contributed by atoms with E-state index < -0.39 is 8.32 Å². The minimum Gasteiger partial charge on any atom is -0.416 e. The molecule has 1 aliphatic rings. The van der Waals surface area contributed by atoms with Crippen LogP contribution in [0.4, 0.5) is 5.69 Å². The van der Waals surface area contributed by atoms with Crippen LogP contribution in [0.3, 0.4) is 0 Å². The molecule has 0 aliphatic carbocycles. The van der Waals surface area contributed by atoms with Crippen molar-refractivity contribution in [3.8, 4) is 0 Å². The van der Waals surface area contributed by atoms with Crippen LogP contribution in [-0.4, -0.2) is 20.8 Å². The summed E-state index contributed by atoms with van der Waals surface area (Å²) < 4.78 is 6.38. The van der Waals surface area contributed by atoms with Gasteiger partial charge in [0.05, 0.1) is 5.69 Å². The molecule has 0 bridgehead atoms. The van der Waals surface area contributed by atoms with Crippen molar-refractivity contribution in [1.82, 2.24) is 0 Å². The van der Waals surface area contributed by atoms with E-state index in [1.54, 1.807) is 6.07 Å². The lowest BCUT2D eigenvalue weighted by molar-refractivity contribution is -0.110. The monoisotopic (exact) mass is 379 g/mol. The van der Waals surface area contributed by atoms with Crippen LogP contribution >= 0.6 is 11.6 Å². The van der Waals surface area contributed by atoms with Gasteiger partial charge in [0.15, 0.2) is 8.32 Å². The number of carbonyl (C=O) groups excluding carboxylic acids is 1. The maximum absolute atomic E-state index is 12.3. The van der Waals surface area contributed by atoms with E-state index >= 15 is 0 Å². The Balaban J connectivity index is 2.09. The van der Waals surface area contributed by atoms with Crippen LogP contribution in [0.15, 0.2) is 24.3 Å². The molecule has 1 aromatic carbocycles. The molecule has 0 saturated heterocycles. The first-order valence-corrected chi connectivity index (χ1v) is 12.1. The van der Waals surface area contributed by atoms with Gasteiger partial charge in [0, 0.05) is 22.8 Å². The molecule has 0 unspecified atom stereocenters. The summed E-state index contributed by atoms with van der Waals surface area (Å²) in [6, 6.07) is 5.52. The van der Waals surface area contributed by atoms with E-state index in [9.17, 15) is 4.79 Å². The maximum Gasteiger partial charge on any atom is 0.256 e. The van der Waals surface area contributed by atoms with E-state index in [4.69, 9.17) is 16.0 Å². The Morgan fingerprint density at radius 2 is 1.84 bits per heavy atom. The molecule has 2 rings (SSSR count). The summed E-state index contributed by atoms with van der Waals surface area (Å²) in [5, 5.41) is 3.71. The van der Waals surface area contributed by atoms with Gasteiger partial charge in [-0.3, -0.25) is 4.79 Å². The first kappa shape index (κ1) is 20.2. The highest BCUT2D eigenvalue weighted by Crippen LogP contribution is 2.39. The Labute approximate surface area is 157 Å². The lowest BCUT2D eigenvalue weighted by Gasteiger charge is -2.39. The second-order valence-electron chi connectivity index (χ2n) is 9.18. The number of anilines is 1. The number of fused-ring (bicyclic) bond motifs is 1. The minimum atomic E-state index is -1.77. The van der Waals surface area contributed by atoms with Crippen LogP contribution < -0.4 is 5.32 Å². The average molecular weight is 380 g/mol. The fourth-order valence-corrected chi connectivity index (χ4v) is 3.76. The molecular weight excluding hydrogens is 350 g/mol. The number of hydrogen-bond acceptors (Lipinski definition) is 2. The van der Waals surface area contributed by atoms with Crippen LogP contribution in [0.25, 0.3) is 5.57 Å². The predicted molar refractivity (Wildman–Crippen MR) is 110 cm³/mol. The average Bonchev–Trinajstić information content (AvgIpc) is 2.77. The molecule has 0 atom stereocenters. The summed E-state index contributed by atoms with van der Waals surface area (Å²) in [6.07, 6.45) is 2.82. The zero-order chi connectivity index (χ0) is 19.0. The highest BCUT2D eigenvalue weighted by Gasteiger charge is 2.38. The number of halogens is 1. The summed E-state index contributed by atoms with van der Waals surface area (Å²) in [5.41, 5.74) is 2.42. The molecule has 1 aliphatic heterocycles.